The minimum Gasteiger partial charge on any atom is -0.395 e. The van der Waals surface area contributed by atoms with E-state index in [1.165, 1.54) is 11.8 Å². The number of carbonyl (C=O) groups excluding carboxylic acids is 1. The Kier molecular flexibility index (Phi) is 6.94. The summed E-state index contributed by atoms with van der Waals surface area (Å²) in [5.41, 5.74) is 1.72. The monoisotopic (exact) mass is 473 g/mol. The fourth-order valence-corrected chi connectivity index (χ4v) is 5.33. The Bertz CT molecular complexity index is 1140. The second-order valence-electron chi connectivity index (χ2n) is 7.92. The second-order valence-corrected chi connectivity index (χ2v) is 9.60. The number of thioether (sulfide) groups is 1. The van der Waals surface area contributed by atoms with Crippen molar-refractivity contribution < 1.29 is 9.90 Å². The van der Waals surface area contributed by atoms with E-state index in [9.17, 15) is 14.7 Å². The minimum atomic E-state index is -0.202. The SMILES string of the molecule is CCCN1C(=O)/C(=C/c2c(N3CCN(CCO)CC3)nc3c(C)cccn3c2=O)SC1=S. The smallest absolute Gasteiger partial charge is 0.267 e. The van der Waals surface area contributed by atoms with Crippen LogP contribution in [0.2, 0.25) is 0 Å². The fraction of sp³-hybridized carbons (Fsp3) is 0.455. The van der Waals surface area contributed by atoms with Crippen molar-refractivity contribution in [2.24, 2.45) is 0 Å². The molecule has 1 N–H and O–H groups in total. The number of fused-ring (bicyclic) bond motifs is 1. The molecule has 2 fully saturated rings. The van der Waals surface area contributed by atoms with E-state index in [2.05, 4.69) is 9.80 Å². The molecule has 0 radical (unpaired) electrons. The molecular weight excluding hydrogens is 446 g/mol. The summed E-state index contributed by atoms with van der Waals surface area (Å²) in [6, 6.07) is 3.75. The van der Waals surface area contributed by atoms with Crippen LogP contribution < -0.4 is 10.5 Å². The van der Waals surface area contributed by atoms with Gasteiger partial charge in [-0.3, -0.25) is 23.8 Å². The normalized spacial score (nSPS) is 19.0. The molecule has 8 nitrogen and oxygen atoms in total. The van der Waals surface area contributed by atoms with Gasteiger partial charge in [0.1, 0.15) is 15.8 Å². The Balaban J connectivity index is 1.80. The first kappa shape index (κ1) is 22.9. The summed E-state index contributed by atoms with van der Waals surface area (Å²) in [6.45, 7) is 8.17. The molecule has 1 amide bonds. The van der Waals surface area contributed by atoms with Crippen LogP contribution in [0.5, 0.6) is 0 Å². The molecule has 2 aliphatic heterocycles. The Hall–Kier alpha value is -2.27. The number of rotatable bonds is 6. The van der Waals surface area contributed by atoms with Gasteiger partial charge in [0.15, 0.2) is 0 Å². The average molecular weight is 474 g/mol. The van der Waals surface area contributed by atoms with Crippen LogP contribution in [0, 0.1) is 6.92 Å². The van der Waals surface area contributed by atoms with Gasteiger partial charge in [-0.2, -0.15) is 0 Å². The van der Waals surface area contributed by atoms with E-state index in [4.69, 9.17) is 17.2 Å². The molecular formula is C22H27N5O3S2. The zero-order valence-electron chi connectivity index (χ0n) is 18.3. The number of hydrogen-bond donors (Lipinski definition) is 1. The predicted octanol–water partition coefficient (Wildman–Crippen LogP) is 1.73. The Morgan fingerprint density at radius 1 is 1.22 bits per heavy atom. The van der Waals surface area contributed by atoms with Crippen molar-refractivity contribution in [1.82, 2.24) is 19.2 Å². The summed E-state index contributed by atoms with van der Waals surface area (Å²) in [5.74, 6) is 0.433. The van der Waals surface area contributed by atoms with Crippen LogP contribution in [0.3, 0.4) is 0 Å². The van der Waals surface area contributed by atoms with Crippen LogP contribution in [0.25, 0.3) is 11.7 Å². The summed E-state index contributed by atoms with van der Waals surface area (Å²) in [5, 5.41) is 9.23. The molecule has 2 saturated heterocycles. The number of aliphatic hydroxyl groups is 1. The van der Waals surface area contributed by atoms with Crippen molar-refractivity contribution in [3.8, 4) is 0 Å². The number of pyridine rings is 1. The van der Waals surface area contributed by atoms with Crippen LogP contribution in [0.4, 0.5) is 5.82 Å². The standard InChI is InChI=1S/C22H27N5O3S2/c1-3-6-27-21(30)17(32-22(27)31)14-16-19(25-10-8-24(9-11-25)12-13-28)23-18-15(2)5-4-7-26(18)20(16)29/h4-5,7,14,28H,3,6,8-13H2,1-2H3/b17-14-. The summed E-state index contributed by atoms with van der Waals surface area (Å²) in [4.78, 5) is 37.7. The van der Waals surface area contributed by atoms with Crippen molar-refractivity contribution in [3.63, 3.8) is 0 Å². The zero-order valence-corrected chi connectivity index (χ0v) is 19.9. The first-order chi connectivity index (χ1) is 15.4. The van der Waals surface area contributed by atoms with Crippen molar-refractivity contribution in [3.05, 3.63) is 44.7 Å². The molecule has 32 heavy (non-hydrogen) atoms. The third kappa shape index (κ3) is 4.32. The number of piperazine rings is 1. The number of hydrogen-bond acceptors (Lipinski definition) is 8. The van der Waals surface area contributed by atoms with Crippen molar-refractivity contribution in [2.75, 3.05) is 50.8 Å². The summed E-state index contributed by atoms with van der Waals surface area (Å²) in [7, 11) is 0. The number of anilines is 1. The maximum absolute atomic E-state index is 13.5. The van der Waals surface area contributed by atoms with Gasteiger partial charge in [-0.05, 0) is 31.1 Å². The Labute approximate surface area is 196 Å². The zero-order chi connectivity index (χ0) is 22.8. The highest BCUT2D eigenvalue weighted by Crippen LogP contribution is 2.33. The van der Waals surface area contributed by atoms with Gasteiger partial charge >= 0.3 is 0 Å². The van der Waals surface area contributed by atoms with E-state index in [1.54, 1.807) is 21.6 Å². The lowest BCUT2D eigenvalue weighted by Crippen LogP contribution is -2.48. The lowest BCUT2D eigenvalue weighted by Gasteiger charge is -2.35. The van der Waals surface area contributed by atoms with E-state index in [-0.39, 0.29) is 18.1 Å². The number of thiocarbonyl (C=S) groups is 1. The molecule has 0 atom stereocenters. The third-order valence-corrected chi connectivity index (χ3v) is 7.13. The topological polar surface area (TPSA) is 81.4 Å². The number of carbonyl (C=O) groups is 1. The van der Waals surface area contributed by atoms with Crippen molar-refractivity contribution >= 4 is 51.7 Å². The second kappa shape index (κ2) is 9.70. The number of aryl methyl sites for hydroxylation is 1. The lowest BCUT2D eigenvalue weighted by molar-refractivity contribution is -0.122. The number of β-amino-alcohol motifs (C(OH)–C–C–N with tert-alkyl or cyclic N) is 1. The predicted molar refractivity (Wildman–Crippen MR) is 132 cm³/mol. The molecule has 2 aromatic heterocycles. The third-order valence-electron chi connectivity index (χ3n) is 5.75. The average Bonchev–Trinajstić information content (AvgIpc) is 3.04. The van der Waals surface area contributed by atoms with Gasteiger partial charge in [-0.1, -0.05) is 37.0 Å². The summed E-state index contributed by atoms with van der Waals surface area (Å²) >= 11 is 6.63. The van der Waals surface area contributed by atoms with Gasteiger partial charge in [0.05, 0.1) is 17.1 Å². The number of amides is 1. The number of aliphatic hydroxyl groups excluding tert-OH is 1. The lowest BCUT2D eigenvalue weighted by atomic mass is 10.2. The van der Waals surface area contributed by atoms with Crippen LogP contribution in [0.15, 0.2) is 28.0 Å². The van der Waals surface area contributed by atoms with Crippen LogP contribution >= 0.6 is 24.0 Å². The van der Waals surface area contributed by atoms with Crippen LogP contribution in [-0.2, 0) is 4.79 Å². The largest absolute Gasteiger partial charge is 0.395 e. The highest BCUT2D eigenvalue weighted by atomic mass is 32.2. The van der Waals surface area contributed by atoms with Gasteiger partial charge in [0, 0.05) is 45.5 Å². The quantitative estimate of drug-likeness (QED) is 0.502. The van der Waals surface area contributed by atoms with E-state index in [0.29, 0.717) is 52.4 Å². The molecule has 0 saturated carbocycles. The molecule has 0 aliphatic carbocycles. The van der Waals surface area contributed by atoms with Gasteiger partial charge in [-0.15, -0.1) is 0 Å². The van der Waals surface area contributed by atoms with E-state index >= 15 is 0 Å². The molecule has 2 aromatic rings. The number of nitrogens with zero attached hydrogens (tertiary/aromatic N) is 5. The molecule has 2 aliphatic rings. The first-order valence-corrected chi connectivity index (χ1v) is 12.0. The molecule has 10 heteroatoms. The first-order valence-electron chi connectivity index (χ1n) is 10.8. The maximum Gasteiger partial charge on any atom is 0.267 e. The molecule has 0 bridgehead atoms. The van der Waals surface area contributed by atoms with Crippen LogP contribution in [-0.4, -0.2) is 80.4 Å². The molecule has 0 unspecified atom stereocenters. The van der Waals surface area contributed by atoms with Gasteiger partial charge in [0.25, 0.3) is 11.5 Å². The van der Waals surface area contributed by atoms with E-state index < -0.39 is 0 Å². The van der Waals surface area contributed by atoms with E-state index in [1.807, 2.05) is 26.0 Å². The Morgan fingerprint density at radius 3 is 2.66 bits per heavy atom. The molecule has 0 spiro atoms. The summed E-state index contributed by atoms with van der Waals surface area (Å²) in [6.07, 6.45) is 4.18. The molecule has 4 heterocycles. The van der Waals surface area contributed by atoms with Crippen molar-refractivity contribution in [2.45, 2.75) is 20.3 Å². The van der Waals surface area contributed by atoms with Gasteiger partial charge in [-0.25, -0.2) is 4.98 Å². The van der Waals surface area contributed by atoms with Gasteiger partial charge in [0.2, 0.25) is 0 Å². The highest BCUT2D eigenvalue weighted by molar-refractivity contribution is 8.26. The minimum absolute atomic E-state index is 0.125. The molecule has 0 aromatic carbocycles. The maximum atomic E-state index is 13.5. The molecule has 4 rings (SSSR count). The fourth-order valence-electron chi connectivity index (χ4n) is 4.04. The number of aromatic nitrogens is 2. The van der Waals surface area contributed by atoms with Crippen LogP contribution in [0.1, 0.15) is 24.5 Å². The van der Waals surface area contributed by atoms with E-state index in [0.717, 1.165) is 25.1 Å². The highest BCUT2D eigenvalue weighted by Gasteiger charge is 2.32. The Morgan fingerprint density at radius 2 is 1.97 bits per heavy atom. The summed E-state index contributed by atoms with van der Waals surface area (Å²) < 4.78 is 2.06. The van der Waals surface area contributed by atoms with Crippen molar-refractivity contribution in [1.29, 1.82) is 0 Å². The van der Waals surface area contributed by atoms with Gasteiger partial charge < -0.3 is 10.0 Å². The molecule has 170 valence electrons.